The summed E-state index contributed by atoms with van der Waals surface area (Å²) in [6, 6.07) is 7.19. The molecule has 0 aromatic heterocycles. The van der Waals surface area contributed by atoms with E-state index in [9.17, 15) is 9.59 Å². The lowest BCUT2D eigenvalue weighted by molar-refractivity contribution is -0.122. The van der Waals surface area contributed by atoms with E-state index in [1.165, 1.54) is 0 Å². The Kier molecular flexibility index (Phi) is 9.17. The fourth-order valence-corrected chi connectivity index (χ4v) is 4.30. The van der Waals surface area contributed by atoms with E-state index in [-0.39, 0.29) is 25.4 Å². The number of nitrogens with one attached hydrogen (secondary N) is 2. The molecule has 0 atom stereocenters. The summed E-state index contributed by atoms with van der Waals surface area (Å²) in [6.07, 6.45) is 6.94. The number of amides is 2. The lowest BCUT2D eigenvalue weighted by Gasteiger charge is -2.03. The van der Waals surface area contributed by atoms with Crippen LogP contribution >= 0.6 is 31.9 Å². The molecule has 12 heteroatoms. The molecule has 0 saturated carbocycles. The summed E-state index contributed by atoms with van der Waals surface area (Å²) >= 11 is 6.89. The van der Waals surface area contributed by atoms with Gasteiger partial charge in [-0.1, -0.05) is 12.8 Å². The third-order valence-electron chi connectivity index (χ3n) is 5.33. The maximum atomic E-state index is 12.0. The van der Waals surface area contributed by atoms with E-state index < -0.39 is 0 Å². The summed E-state index contributed by atoms with van der Waals surface area (Å²) in [5, 5.41) is 8.01. The van der Waals surface area contributed by atoms with Crippen LogP contribution in [0.1, 0.15) is 49.7 Å². The first kappa shape index (κ1) is 26.0. The average molecular weight is 624 g/mol. The molecular formula is C24H24Br2N4O6. The second kappa shape index (κ2) is 12.7. The molecule has 0 aliphatic carbocycles. The van der Waals surface area contributed by atoms with Crippen molar-refractivity contribution < 1.29 is 28.5 Å². The van der Waals surface area contributed by atoms with Crippen molar-refractivity contribution in [3.63, 3.8) is 0 Å². The summed E-state index contributed by atoms with van der Waals surface area (Å²) in [6.45, 7) is 0.385. The highest BCUT2D eigenvalue weighted by Crippen LogP contribution is 2.37. The predicted octanol–water partition coefficient (Wildman–Crippen LogP) is 4.61. The molecule has 36 heavy (non-hydrogen) atoms. The molecule has 2 aromatic rings. The van der Waals surface area contributed by atoms with Crippen LogP contribution < -0.4 is 29.8 Å². The van der Waals surface area contributed by atoms with Gasteiger partial charge in [-0.25, -0.2) is 10.9 Å². The van der Waals surface area contributed by atoms with Crippen LogP contribution in [0.3, 0.4) is 0 Å². The third-order valence-corrected chi connectivity index (χ3v) is 6.70. The monoisotopic (exact) mass is 622 g/mol. The molecule has 2 amide bonds. The maximum absolute atomic E-state index is 12.0. The zero-order valence-electron chi connectivity index (χ0n) is 19.2. The van der Waals surface area contributed by atoms with Crippen LogP contribution in [0.25, 0.3) is 0 Å². The van der Waals surface area contributed by atoms with Crippen molar-refractivity contribution in [3.8, 4) is 23.0 Å². The van der Waals surface area contributed by atoms with Crippen LogP contribution in [-0.4, -0.2) is 37.8 Å². The Bertz CT molecular complexity index is 1100. The number of hydrogen-bond donors (Lipinski definition) is 2. The molecule has 0 fully saturated rings. The highest BCUT2D eigenvalue weighted by atomic mass is 79.9. The number of ether oxygens (including phenoxy) is 4. The molecule has 0 bridgehead atoms. The first-order chi connectivity index (χ1) is 17.5. The number of hydrazone groups is 2. The number of hydrogen-bond acceptors (Lipinski definition) is 8. The van der Waals surface area contributed by atoms with Crippen molar-refractivity contribution in [2.75, 3.05) is 13.6 Å². The fraction of sp³-hybridized carbons (Fsp3) is 0.333. The van der Waals surface area contributed by atoms with E-state index in [1.54, 1.807) is 36.7 Å². The largest absolute Gasteiger partial charge is 0.454 e. The Labute approximate surface area is 224 Å². The zero-order valence-corrected chi connectivity index (χ0v) is 22.4. The molecule has 4 rings (SSSR count). The second-order valence-electron chi connectivity index (χ2n) is 7.95. The van der Waals surface area contributed by atoms with Crippen molar-refractivity contribution >= 4 is 56.1 Å². The lowest BCUT2D eigenvalue weighted by Crippen LogP contribution is -2.17. The van der Waals surface area contributed by atoms with E-state index in [0.717, 1.165) is 32.9 Å². The van der Waals surface area contributed by atoms with Gasteiger partial charge in [0.15, 0.2) is 23.0 Å². The third kappa shape index (κ3) is 7.20. The van der Waals surface area contributed by atoms with Gasteiger partial charge >= 0.3 is 0 Å². The van der Waals surface area contributed by atoms with Crippen molar-refractivity contribution in [1.29, 1.82) is 0 Å². The van der Waals surface area contributed by atoms with Gasteiger partial charge in [0.25, 0.3) is 0 Å². The summed E-state index contributed by atoms with van der Waals surface area (Å²) in [5.74, 6) is 2.30. The highest BCUT2D eigenvalue weighted by molar-refractivity contribution is 9.10. The van der Waals surface area contributed by atoms with E-state index in [4.69, 9.17) is 18.9 Å². The molecule has 10 nitrogen and oxygen atoms in total. The molecule has 0 unspecified atom stereocenters. The predicted molar refractivity (Wildman–Crippen MR) is 140 cm³/mol. The molecule has 2 aliphatic rings. The standard InChI is InChI=1S/C24H24Br2N4O6/c25-17-9-21-19(33-13-35-21)7-15(17)11-27-29-23(31)5-3-1-2-4-6-24(32)30-28-12-16-8-20-22(10-18(16)26)36-14-34-20/h7-12H,1-6,13-14H2,(H,29,31)(H,30,32)/b27-11+,28-12+. The van der Waals surface area contributed by atoms with Gasteiger partial charge in [0, 0.05) is 32.9 Å². The molecule has 0 spiro atoms. The van der Waals surface area contributed by atoms with E-state index in [2.05, 4.69) is 52.9 Å². The number of fused-ring (bicyclic) bond motifs is 2. The zero-order chi connectivity index (χ0) is 25.3. The summed E-state index contributed by atoms with van der Waals surface area (Å²) < 4.78 is 22.9. The van der Waals surface area contributed by atoms with Crippen LogP contribution in [-0.2, 0) is 9.59 Å². The fourth-order valence-electron chi connectivity index (χ4n) is 3.45. The lowest BCUT2D eigenvalue weighted by atomic mass is 10.1. The highest BCUT2D eigenvalue weighted by Gasteiger charge is 2.16. The van der Waals surface area contributed by atoms with Crippen molar-refractivity contribution in [2.24, 2.45) is 10.2 Å². The van der Waals surface area contributed by atoms with Gasteiger partial charge in [0.2, 0.25) is 25.4 Å². The van der Waals surface area contributed by atoms with Gasteiger partial charge in [-0.3, -0.25) is 9.59 Å². The van der Waals surface area contributed by atoms with E-state index in [0.29, 0.717) is 48.7 Å². The average Bonchev–Trinajstić information content (AvgIpc) is 3.50. The van der Waals surface area contributed by atoms with Gasteiger partial charge in [-0.15, -0.1) is 0 Å². The van der Waals surface area contributed by atoms with Crippen LogP contribution in [0.5, 0.6) is 23.0 Å². The molecule has 2 N–H and O–H groups in total. The minimum atomic E-state index is -0.162. The number of carbonyl (C=O) groups is 2. The SMILES string of the molecule is O=C(CCCCCCC(=O)N/N=C/c1cc2c(cc1Br)OCO2)N/N=C/c1cc2c(cc1Br)OCO2. The van der Waals surface area contributed by atoms with E-state index in [1.807, 2.05) is 0 Å². The van der Waals surface area contributed by atoms with Gasteiger partial charge in [0.05, 0.1) is 12.4 Å². The van der Waals surface area contributed by atoms with Gasteiger partial charge in [-0.05, 0) is 69.0 Å². The number of carbonyl (C=O) groups excluding carboxylic acids is 2. The number of nitrogens with zero attached hydrogens (tertiary/aromatic N) is 2. The Morgan fingerprint density at radius 3 is 1.50 bits per heavy atom. The Morgan fingerprint density at radius 1 is 0.694 bits per heavy atom. The maximum Gasteiger partial charge on any atom is 0.240 e. The summed E-state index contributed by atoms with van der Waals surface area (Å²) in [7, 11) is 0. The number of halogens is 2. The molecule has 190 valence electrons. The van der Waals surface area contributed by atoms with Crippen LogP contribution in [0.15, 0.2) is 43.4 Å². The van der Waals surface area contributed by atoms with Crippen molar-refractivity contribution in [2.45, 2.75) is 38.5 Å². The molecular weight excluding hydrogens is 600 g/mol. The van der Waals surface area contributed by atoms with Crippen LogP contribution in [0.4, 0.5) is 0 Å². The normalized spacial score (nSPS) is 13.5. The number of rotatable bonds is 11. The van der Waals surface area contributed by atoms with Crippen LogP contribution in [0.2, 0.25) is 0 Å². The van der Waals surface area contributed by atoms with Crippen molar-refractivity contribution in [1.82, 2.24) is 10.9 Å². The van der Waals surface area contributed by atoms with E-state index >= 15 is 0 Å². The van der Waals surface area contributed by atoms with Gasteiger partial charge in [-0.2, -0.15) is 10.2 Å². The Balaban J connectivity index is 1.06. The van der Waals surface area contributed by atoms with Gasteiger partial charge < -0.3 is 18.9 Å². The van der Waals surface area contributed by atoms with Gasteiger partial charge in [0.1, 0.15) is 0 Å². The number of benzene rings is 2. The van der Waals surface area contributed by atoms with Crippen molar-refractivity contribution in [3.05, 3.63) is 44.3 Å². The Morgan fingerprint density at radius 2 is 1.08 bits per heavy atom. The first-order valence-corrected chi connectivity index (χ1v) is 12.9. The summed E-state index contributed by atoms with van der Waals surface area (Å²) in [4.78, 5) is 24.0. The molecule has 2 aliphatic heterocycles. The molecule has 0 saturated heterocycles. The molecule has 2 heterocycles. The minimum absolute atomic E-state index is 0.162. The smallest absolute Gasteiger partial charge is 0.240 e. The first-order valence-electron chi connectivity index (χ1n) is 11.3. The van der Waals surface area contributed by atoms with Crippen LogP contribution in [0, 0.1) is 0 Å². The minimum Gasteiger partial charge on any atom is -0.454 e. The topological polar surface area (TPSA) is 120 Å². The molecule has 2 aromatic carbocycles. The second-order valence-corrected chi connectivity index (χ2v) is 9.66. The Hall–Kier alpha value is -3.12. The molecule has 0 radical (unpaired) electrons. The quantitative estimate of drug-likeness (QED) is 0.214. The number of unbranched alkanes of at least 4 members (excludes halogenated alkanes) is 3. The summed E-state index contributed by atoms with van der Waals surface area (Å²) in [5.41, 5.74) is 6.60.